The third-order valence-electron chi connectivity index (χ3n) is 4.03. The summed E-state index contributed by atoms with van der Waals surface area (Å²) in [6, 6.07) is 5.75. The second-order valence-corrected chi connectivity index (χ2v) is 8.65. The van der Waals surface area contributed by atoms with Gasteiger partial charge in [-0.25, -0.2) is 8.42 Å². The van der Waals surface area contributed by atoms with E-state index < -0.39 is 15.4 Å². The van der Waals surface area contributed by atoms with Crippen molar-refractivity contribution in [1.29, 1.82) is 0 Å². The molecule has 0 saturated carbocycles. The molecule has 104 valence electrons. The van der Waals surface area contributed by atoms with Gasteiger partial charge in [0.25, 0.3) is 0 Å². The van der Waals surface area contributed by atoms with Gasteiger partial charge in [-0.05, 0) is 12.1 Å². The van der Waals surface area contributed by atoms with Gasteiger partial charge in [-0.2, -0.15) is 0 Å². The maximum absolute atomic E-state index is 11.6. The van der Waals surface area contributed by atoms with E-state index in [-0.39, 0.29) is 17.5 Å². The van der Waals surface area contributed by atoms with Crippen molar-refractivity contribution in [2.75, 3.05) is 11.5 Å². The highest BCUT2D eigenvalue weighted by Gasteiger charge is 2.44. The minimum Gasteiger partial charge on any atom is -0.487 e. The number of rotatable bonds is 0. The molecule has 0 aromatic heterocycles. The van der Waals surface area contributed by atoms with Gasteiger partial charge in [-0.3, -0.25) is 0 Å². The Morgan fingerprint density at radius 2 is 2.00 bits per heavy atom. The summed E-state index contributed by atoms with van der Waals surface area (Å²) >= 11 is 3.42. The zero-order chi connectivity index (χ0) is 13.7. The standard InChI is InChI=1S/C13H16BrNO3S/c14-9-1-2-10-11(15)8-13(18-12(10)7-9)3-5-19(16,17)6-4-13/h1-2,7,11H,3-6,8,15H2/t11-/m1/s1. The van der Waals surface area contributed by atoms with Gasteiger partial charge in [0.2, 0.25) is 0 Å². The summed E-state index contributed by atoms with van der Waals surface area (Å²) in [7, 11) is -2.89. The molecule has 19 heavy (non-hydrogen) atoms. The van der Waals surface area contributed by atoms with Crippen molar-refractivity contribution in [2.45, 2.75) is 30.9 Å². The molecule has 2 aliphatic heterocycles. The average Bonchev–Trinajstić information content (AvgIpc) is 2.33. The zero-order valence-electron chi connectivity index (χ0n) is 10.4. The van der Waals surface area contributed by atoms with Crippen molar-refractivity contribution in [2.24, 2.45) is 5.73 Å². The van der Waals surface area contributed by atoms with Crippen LogP contribution in [0.4, 0.5) is 0 Å². The lowest BCUT2D eigenvalue weighted by atomic mass is 9.83. The first-order valence-corrected chi connectivity index (χ1v) is 8.95. The van der Waals surface area contributed by atoms with Crippen LogP contribution in [0.3, 0.4) is 0 Å². The maximum atomic E-state index is 11.6. The van der Waals surface area contributed by atoms with Crippen molar-refractivity contribution in [3.63, 3.8) is 0 Å². The predicted molar refractivity (Wildman–Crippen MR) is 76.9 cm³/mol. The molecule has 0 bridgehead atoms. The molecule has 0 amide bonds. The Bertz CT molecular complexity index is 600. The van der Waals surface area contributed by atoms with Crippen LogP contribution in [-0.4, -0.2) is 25.5 Å². The zero-order valence-corrected chi connectivity index (χ0v) is 12.8. The van der Waals surface area contributed by atoms with E-state index in [1.165, 1.54) is 0 Å². The lowest BCUT2D eigenvalue weighted by Gasteiger charge is -2.43. The normalized spacial score (nSPS) is 27.6. The van der Waals surface area contributed by atoms with Gasteiger partial charge in [0.1, 0.15) is 11.4 Å². The highest BCUT2D eigenvalue weighted by molar-refractivity contribution is 9.10. The molecule has 0 radical (unpaired) electrons. The first-order valence-electron chi connectivity index (χ1n) is 6.34. The van der Waals surface area contributed by atoms with Crippen LogP contribution in [0.1, 0.15) is 30.9 Å². The van der Waals surface area contributed by atoms with Gasteiger partial charge in [-0.1, -0.05) is 22.0 Å². The van der Waals surface area contributed by atoms with E-state index in [1.807, 2.05) is 18.2 Å². The van der Waals surface area contributed by atoms with Crippen LogP contribution in [0.5, 0.6) is 5.75 Å². The molecule has 3 rings (SSSR count). The van der Waals surface area contributed by atoms with Crippen LogP contribution < -0.4 is 10.5 Å². The Morgan fingerprint density at radius 3 is 2.68 bits per heavy atom. The van der Waals surface area contributed by atoms with Crippen LogP contribution in [0, 0.1) is 0 Å². The Morgan fingerprint density at radius 1 is 1.32 bits per heavy atom. The molecule has 1 saturated heterocycles. The average molecular weight is 346 g/mol. The van der Waals surface area contributed by atoms with Gasteiger partial charge in [-0.15, -0.1) is 0 Å². The smallest absolute Gasteiger partial charge is 0.150 e. The first-order chi connectivity index (χ1) is 8.89. The van der Waals surface area contributed by atoms with E-state index in [0.29, 0.717) is 19.3 Å². The lowest BCUT2D eigenvalue weighted by Crippen LogP contribution is -2.48. The largest absolute Gasteiger partial charge is 0.487 e. The van der Waals surface area contributed by atoms with Crippen LogP contribution in [-0.2, 0) is 9.84 Å². The molecule has 1 atom stereocenters. The molecule has 1 fully saturated rings. The van der Waals surface area contributed by atoms with E-state index in [4.69, 9.17) is 10.5 Å². The third kappa shape index (κ3) is 2.53. The number of hydrogen-bond donors (Lipinski definition) is 1. The van der Waals surface area contributed by atoms with E-state index in [9.17, 15) is 8.42 Å². The van der Waals surface area contributed by atoms with E-state index >= 15 is 0 Å². The van der Waals surface area contributed by atoms with Crippen molar-refractivity contribution < 1.29 is 13.2 Å². The molecule has 1 aromatic carbocycles. The minimum absolute atomic E-state index is 0.0855. The van der Waals surface area contributed by atoms with Crippen LogP contribution >= 0.6 is 15.9 Å². The SMILES string of the molecule is N[C@@H]1CC2(CCS(=O)(=O)CC2)Oc2cc(Br)ccc21. The first kappa shape index (κ1) is 13.4. The Kier molecular flexibility index (Phi) is 3.15. The van der Waals surface area contributed by atoms with E-state index in [1.54, 1.807) is 0 Å². The molecule has 1 spiro atoms. The molecule has 2 N–H and O–H groups in total. The van der Waals surface area contributed by atoms with Gasteiger partial charge >= 0.3 is 0 Å². The summed E-state index contributed by atoms with van der Waals surface area (Å²) < 4.78 is 30.2. The van der Waals surface area contributed by atoms with E-state index in [2.05, 4.69) is 15.9 Å². The van der Waals surface area contributed by atoms with Crippen LogP contribution in [0.25, 0.3) is 0 Å². The highest BCUT2D eigenvalue weighted by Crippen LogP contribution is 2.44. The summed E-state index contributed by atoms with van der Waals surface area (Å²) in [6.07, 6.45) is 1.77. The fourth-order valence-corrected chi connectivity index (χ4v) is 4.82. The van der Waals surface area contributed by atoms with Crippen LogP contribution in [0.2, 0.25) is 0 Å². The number of sulfone groups is 1. The summed E-state index contributed by atoms with van der Waals surface area (Å²) in [6.45, 7) is 0. The molecule has 1 aromatic rings. The topological polar surface area (TPSA) is 69.4 Å². The third-order valence-corrected chi connectivity index (χ3v) is 6.18. The van der Waals surface area contributed by atoms with Crippen molar-refractivity contribution in [3.05, 3.63) is 28.2 Å². The molecular formula is C13H16BrNO3S. The number of nitrogens with two attached hydrogens (primary N) is 1. The second kappa shape index (κ2) is 4.46. The van der Waals surface area contributed by atoms with Gasteiger partial charge < -0.3 is 10.5 Å². The fourth-order valence-electron chi connectivity index (χ4n) is 2.90. The number of ether oxygens (including phenoxy) is 1. The van der Waals surface area contributed by atoms with Gasteiger partial charge in [0, 0.05) is 35.3 Å². The fraction of sp³-hybridized carbons (Fsp3) is 0.538. The molecule has 2 aliphatic rings. The molecular weight excluding hydrogens is 330 g/mol. The van der Waals surface area contributed by atoms with Crippen molar-refractivity contribution in [1.82, 2.24) is 0 Å². The lowest BCUT2D eigenvalue weighted by molar-refractivity contribution is 0.0263. The minimum atomic E-state index is -2.89. The molecule has 4 nitrogen and oxygen atoms in total. The number of hydrogen-bond acceptors (Lipinski definition) is 4. The molecule has 0 unspecified atom stereocenters. The predicted octanol–water partition coefficient (Wildman–Crippen LogP) is 2.18. The molecule has 2 heterocycles. The Hall–Kier alpha value is -0.590. The number of benzene rings is 1. The summed E-state index contributed by atoms with van der Waals surface area (Å²) in [4.78, 5) is 0. The maximum Gasteiger partial charge on any atom is 0.150 e. The molecule has 6 heteroatoms. The monoisotopic (exact) mass is 345 g/mol. The quantitative estimate of drug-likeness (QED) is 0.782. The van der Waals surface area contributed by atoms with Crippen LogP contribution in [0.15, 0.2) is 22.7 Å². The van der Waals surface area contributed by atoms with Gasteiger partial charge in [0.15, 0.2) is 9.84 Å². The Labute approximate surface area is 121 Å². The Balaban J connectivity index is 1.92. The number of fused-ring (bicyclic) bond motifs is 1. The van der Waals surface area contributed by atoms with E-state index in [0.717, 1.165) is 15.8 Å². The summed E-state index contributed by atoms with van der Waals surface area (Å²) in [5.41, 5.74) is 6.82. The highest BCUT2D eigenvalue weighted by atomic mass is 79.9. The second-order valence-electron chi connectivity index (χ2n) is 5.43. The van der Waals surface area contributed by atoms with Crippen molar-refractivity contribution >= 4 is 25.8 Å². The van der Waals surface area contributed by atoms with Crippen molar-refractivity contribution in [3.8, 4) is 5.75 Å². The summed E-state index contributed by atoms with van der Waals surface area (Å²) in [5.74, 6) is 1.18. The van der Waals surface area contributed by atoms with Gasteiger partial charge in [0.05, 0.1) is 11.5 Å². The number of halogens is 1. The summed E-state index contributed by atoms with van der Waals surface area (Å²) in [5, 5.41) is 0. The molecule has 0 aliphatic carbocycles.